The molecule has 0 aliphatic heterocycles. The molecule has 0 bridgehead atoms. The highest BCUT2D eigenvalue weighted by atomic mass is 19.4. The van der Waals surface area contributed by atoms with Crippen LogP contribution in [0.2, 0.25) is 0 Å². The van der Waals surface area contributed by atoms with E-state index < -0.39 is 35.3 Å². The van der Waals surface area contributed by atoms with Crippen LogP contribution in [0.1, 0.15) is 49.0 Å². The zero-order chi connectivity index (χ0) is 26.8. The van der Waals surface area contributed by atoms with E-state index in [1.807, 2.05) is 37.3 Å². The van der Waals surface area contributed by atoms with Gasteiger partial charge in [-0.05, 0) is 71.8 Å². The molecule has 3 aromatic rings. The van der Waals surface area contributed by atoms with Crippen molar-refractivity contribution in [2.24, 2.45) is 5.41 Å². The Hall–Kier alpha value is -3.85. The number of nitrogens with one attached hydrogen (secondary N) is 2. The number of benzene rings is 3. The van der Waals surface area contributed by atoms with E-state index in [1.165, 1.54) is 12.1 Å². The van der Waals surface area contributed by atoms with E-state index in [0.717, 1.165) is 34.4 Å². The van der Waals surface area contributed by atoms with E-state index in [4.69, 9.17) is 0 Å². The van der Waals surface area contributed by atoms with Crippen molar-refractivity contribution in [1.82, 2.24) is 0 Å². The normalized spacial score (nSPS) is 19.1. The minimum absolute atomic E-state index is 0.0237. The molecule has 0 radical (unpaired) electrons. The summed E-state index contributed by atoms with van der Waals surface area (Å²) in [4.78, 5) is 23.7. The average Bonchev–Trinajstić information content (AvgIpc) is 2.85. The lowest BCUT2D eigenvalue weighted by Gasteiger charge is -2.41. The molecule has 194 valence electrons. The third kappa shape index (κ3) is 5.77. The van der Waals surface area contributed by atoms with Crippen molar-refractivity contribution in [2.75, 3.05) is 10.6 Å². The van der Waals surface area contributed by atoms with Crippen LogP contribution in [0.3, 0.4) is 0 Å². The monoisotopic (exact) mass is 512 g/mol. The molecule has 1 aliphatic carbocycles. The van der Waals surface area contributed by atoms with E-state index in [-0.39, 0.29) is 12.1 Å². The van der Waals surface area contributed by atoms with Crippen LogP contribution in [-0.4, -0.2) is 22.2 Å². The number of aryl methyl sites for hydroxylation is 1. The average molecular weight is 513 g/mol. The van der Waals surface area contributed by atoms with Crippen molar-refractivity contribution < 1.29 is 33.0 Å². The van der Waals surface area contributed by atoms with Crippen molar-refractivity contribution >= 4 is 23.4 Å². The number of hydrogen-bond acceptors (Lipinski definition) is 3. The van der Waals surface area contributed by atoms with Crippen LogP contribution in [0.25, 0.3) is 11.1 Å². The molecular weight excluding hydrogens is 485 g/mol. The number of alkyl halides is 3. The fourth-order valence-electron chi connectivity index (χ4n) is 4.91. The molecule has 3 aromatic carbocycles. The van der Waals surface area contributed by atoms with Crippen LogP contribution < -0.4 is 10.6 Å². The number of aliphatic carboxylic acids is 1. The quantitative estimate of drug-likeness (QED) is 0.290. The molecule has 1 aliphatic rings. The van der Waals surface area contributed by atoms with Gasteiger partial charge < -0.3 is 20.8 Å². The number of urea groups is 1. The highest BCUT2D eigenvalue weighted by Gasteiger charge is 2.42. The van der Waals surface area contributed by atoms with Crippen LogP contribution in [0.15, 0.2) is 66.7 Å². The standard InChI is InChI=1S/C28H27F3N2O4/c1-2-27(16-24(34)35)13-12-19-14-18(8-11-23(19)25(27)36)17-6-9-21(10-7-17)32-26(37)33-22-5-3-4-20(15-22)28(29,30)31/h3-11,14-15,25,36H,2,12-13,16H2,1H3,(H,34,35)(H2,32,33,37)/t25?,27-/m0/s1. The first kappa shape index (κ1) is 26.2. The van der Waals surface area contributed by atoms with Crippen molar-refractivity contribution in [3.05, 3.63) is 83.4 Å². The zero-order valence-corrected chi connectivity index (χ0v) is 20.1. The number of aliphatic hydroxyl groups excluding tert-OH is 1. The van der Waals surface area contributed by atoms with Gasteiger partial charge in [0.2, 0.25) is 0 Å². The lowest BCUT2D eigenvalue weighted by atomic mass is 9.65. The predicted octanol–water partition coefficient (Wildman–Crippen LogP) is 6.87. The Balaban J connectivity index is 1.44. The van der Waals surface area contributed by atoms with Gasteiger partial charge in [0, 0.05) is 16.8 Å². The number of hydrogen-bond donors (Lipinski definition) is 4. The molecule has 0 fully saturated rings. The van der Waals surface area contributed by atoms with E-state index >= 15 is 0 Å². The van der Waals surface area contributed by atoms with Gasteiger partial charge in [0.1, 0.15) is 0 Å². The molecule has 0 heterocycles. The SMILES string of the molecule is CC[C@@]1(CC(=O)O)CCc2cc(-c3ccc(NC(=O)Nc4cccc(C(F)(F)F)c4)cc3)ccc2C1O. The first-order chi connectivity index (χ1) is 17.5. The number of carbonyl (C=O) groups excluding carboxylic acids is 1. The molecule has 37 heavy (non-hydrogen) atoms. The number of aliphatic hydroxyl groups is 1. The summed E-state index contributed by atoms with van der Waals surface area (Å²) in [7, 11) is 0. The summed E-state index contributed by atoms with van der Waals surface area (Å²) < 4.78 is 38.6. The molecular formula is C28H27F3N2O4. The molecule has 9 heteroatoms. The van der Waals surface area contributed by atoms with Crippen LogP contribution in [0.4, 0.5) is 29.3 Å². The topological polar surface area (TPSA) is 98.7 Å². The minimum Gasteiger partial charge on any atom is -0.481 e. The van der Waals surface area contributed by atoms with Crippen molar-refractivity contribution in [2.45, 2.75) is 44.9 Å². The second-order valence-electron chi connectivity index (χ2n) is 9.34. The number of carboxylic acids is 1. The number of carboxylic acid groups (broad SMARTS) is 1. The summed E-state index contributed by atoms with van der Waals surface area (Å²) in [5.74, 6) is -0.918. The zero-order valence-electron chi connectivity index (χ0n) is 20.1. The third-order valence-corrected chi connectivity index (χ3v) is 7.04. The van der Waals surface area contributed by atoms with Crippen molar-refractivity contribution in [1.29, 1.82) is 0 Å². The summed E-state index contributed by atoms with van der Waals surface area (Å²) in [5, 5.41) is 25.3. The summed E-state index contributed by atoms with van der Waals surface area (Å²) in [6, 6.07) is 16.4. The molecule has 1 unspecified atom stereocenters. The van der Waals surface area contributed by atoms with Crippen LogP contribution in [-0.2, 0) is 17.4 Å². The van der Waals surface area contributed by atoms with Gasteiger partial charge in [-0.15, -0.1) is 0 Å². The number of anilines is 2. The second kappa shape index (κ2) is 10.3. The Bertz CT molecular complexity index is 1310. The molecule has 4 rings (SSSR count). The van der Waals surface area contributed by atoms with Gasteiger partial charge in [-0.25, -0.2) is 4.79 Å². The number of amides is 2. The maximum atomic E-state index is 12.9. The van der Waals surface area contributed by atoms with Gasteiger partial charge in [-0.2, -0.15) is 13.2 Å². The third-order valence-electron chi connectivity index (χ3n) is 7.04. The van der Waals surface area contributed by atoms with Crippen LogP contribution in [0, 0.1) is 5.41 Å². The summed E-state index contributed by atoms with van der Waals surface area (Å²) in [5.41, 5.74) is 2.47. The van der Waals surface area contributed by atoms with Crippen LogP contribution >= 0.6 is 0 Å². The Labute approximate surface area is 212 Å². The van der Waals surface area contributed by atoms with Crippen molar-refractivity contribution in [3.63, 3.8) is 0 Å². The lowest BCUT2D eigenvalue weighted by Crippen LogP contribution is -2.35. The Morgan fingerprint density at radius 2 is 1.65 bits per heavy atom. The van der Waals surface area contributed by atoms with Gasteiger partial charge >= 0.3 is 18.2 Å². The first-order valence-corrected chi connectivity index (χ1v) is 11.9. The Kier molecular flexibility index (Phi) is 7.27. The van der Waals surface area contributed by atoms with Gasteiger partial charge in [0.15, 0.2) is 0 Å². The van der Waals surface area contributed by atoms with Gasteiger partial charge in [0.05, 0.1) is 18.1 Å². The molecule has 6 nitrogen and oxygen atoms in total. The summed E-state index contributed by atoms with van der Waals surface area (Å²) in [6.07, 6.45) is -3.63. The smallest absolute Gasteiger partial charge is 0.416 e. The van der Waals surface area contributed by atoms with E-state index in [9.17, 15) is 33.0 Å². The fraction of sp³-hybridized carbons (Fsp3) is 0.286. The first-order valence-electron chi connectivity index (χ1n) is 11.9. The molecule has 0 saturated heterocycles. The number of rotatable bonds is 6. The van der Waals surface area contributed by atoms with Gasteiger partial charge in [0.25, 0.3) is 0 Å². The molecule has 4 N–H and O–H groups in total. The molecule has 2 atom stereocenters. The highest BCUT2D eigenvalue weighted by Crippen LogP contribution is 2.49. The summed E-state index contributed by atoms with van der Waals surface area (Å²) >= 11 is 0. The predicted molar refractivity (Wildman–Crippen MR) is 134 cm³/mol. The second-order valence-corrected chi connectivity index (χ2v) is 9.34. The lowest BCUT2D eigenvalue weighted by molar-refractivity contribution is -0.143. The maximum absolute atomic E-state index is 12.9. The maximum Gasteiger partial charge on any atom is 0.416 e. The van der Waals surface area contributed by atoms with Crippen LogP contribution in [0.5, 0.6) is 0 Å². The van der Waals surface area contributed by atoms with E-state index in [1.54, 1.807) is 12.1 Å². The molecule has 2 amide bonds. The summed E-state index contributed by atoms with van der Waals surface area (Å²) in [6.45, 7) is 1.90. The van der Waals surface area contributed by atoms with Gasteiger partial charge in [-0.3, -0.25) is 4.79 Å². The van der Waals surface area contributed by atoms with E-state index in [0.29, 0.717) is 24.9 Å². The number of fused-ring (bicyclic) bond motifs is 1. The number of carbonyl (C=O) groups is 2. The van der Waals surface area contributed by atoms with E-state index in [2.05, 4.69) is 10.6 Å². The molecule has 0 saturated carbocycles. The highest BCUT2D eigenvalue weighted by molar-refractivity contribution is 5.99. The van der Waals surface area contributed by atoms with Crippen molar-refractivity contribution in [3.8, 4) is 11.1 Å². The molecule has 0 spiro atoms. The fourth-order valence-corrected chi connectivity index (χ4v) is 4.91. The number of halogens is 3. The Morgan fingerprint density at radius 1 is 0.973 bits per heavy atom. The van der Waals surface area contributed by atoms with Gasteiger partial charge in [-0.1, -0.05) is 43.3 Å². The molecule has 0 aromatic heterocycles. The Morgan fingerprint density at radius 3 is 2.30 bits per heavy atom. The minimum atomic E-state index is -4.50. The largest absolute Gasteiger partial charge is 0.481 e.